The van der Waals surface area contributed by atoms with Crippen LogP contribution in [0.5, 0.6) is 0 Å². The van der Waals surface area contributed by atoms with E-state index in [0.29, 0.717) is 28.9 Å². The highest BCUT2D eigenvalue weighted by Gasteiger charge is 2.46. The normalized spacial score (nSPS) is 16.8. The molecule has 0 spiro atoms. The molecule has 10 heteroatoms. The highest BCUT2D eigenvalue weighted by molar-refractivity contribution is 6.46. The number of ketones is 1. The van der Waals surface area contributed by atoms with Gasteiger partial charge < -0.3 is 29.4 Å². The molecule has 2 N–H and O–H groups in total. The number of likely N-dealkylation sites (N-methyl/N-ethyl adjacent to an activating group) is 1. The number of rotatable bonds is 10. The predicted molar refractivity (Wildman–Crippen MR) is 141 cm³/mol. The second-order valence-electron chi connectivity index (χ2n) is 8.98. The Morgan fingerprint density at radius 3 is 2.24 bits per heavy atom. The van der Waals surface area contributed by atoms with Crippen LogP contribution in [0.15, 0.2) is 29.8 Å². The van der Waals surface area contributed by atoms with Crippen LogP contribution in [0.25, 0.3) is 5.76 Å². The zero-order chi connectivity index (χ0) is 28.1. The lowest BCUT2D eigenvalue weighted by Crippen LogP contribution is -2.38. The molecule has 0 radical (unpaired) electrons. The number of methoxy groups -OCH3 is 1. The number of aliphatic hydroxyl groups excluding tert-OH is 1. The molecule has 3 rings (SSSR count). The van der Waals surface area contributed by atoms with Gasteiger partial charge in [-0.2, -0.15) is 0 Å². The first-order valence-electron chi connectivity index (χ1n) is 12.7. The molecular weight excluding hydrogens is 490 g/mol. The van der Waals surface area contributed by atoms with Gasteiger partial charge in [0.05, 0.1) is 30.9 Å². The highest BCUT2D eigenvalue weighted by Crippen LogP contribution is 2.41. The van der Waals surface area contributed by atoms with Gasteiger partial charge in [0, 0.05) is 24.3 Å². The number of hydrogen-bond acceptors (Lipinski definition) is 8. The number of Topliss-reactive ketones (excluding diaryl/α,β-unsaturated/α-hetero) is 1. The molecule has 38 heavy (non-hydrogen) atoms. The molecule has 2 aromatic rings. The van der Waals surface area contributed by atoms with E-state index >= 15 is 0 Å². The van der Waals surface area contributed by atoms with Gasteiger partial charge in [-0.15, -0.1) is 0 Å². The number of carbonyl (C=O) groups is 4. The number of likely N-dealkylation sites (tertiary alicyclic amines) is 1. The summed E-state index contributed by atoms with van der Waals surface area (Å²) < 4.78 is 9.88. The van der Waals surface area contributed by atoms with E-state index in [1.807, 2.05) is 13.8 Å². The number of aliphatic hydroxyl groups is 1. The Labute approximate surface area is 222 Å². The van der Waals surface area contributed by atoms with Crippen molar-refractivity contribution in [3.05, 3.63) is 63.5 Å². The van der Waals surface area contributed by atoms with Crippen LogP contribution in [0.4, 0.5) is 0 Å². The van der Waals surface area contributed by atoms with Gasteiger partial charge >= 0.3 is 11.9 Å². The monoisotopic (exact) mass is 525 g/mol. The summed E-state index contributed by atoms with van der Waals surface area (Å²) >= 11 is 0. The number of carbonyl (C=O) groups excluding carboxylic acids is 4. The first-order valence-corrected chi connectivity index (χ1v) is 12.7. The molecule has 10 nitrogen and oxygen atoms in total. The SMILES string of the molecule is CCOC(=O)c1[nH]c(C)c(/C(O)=C2\C(=O)C(=O)N(CCN(CC)CC)C2c2ccc(C(=O)OC)cc2)c1C. The summed E-state index contributed by atoms with van der Waals surface area (Å²) in [4.78, 5) is 57.6. The lowest BCUT2D eigenvalue weighted by Gasteiger charge is -2.28. The predicted octanol–water partition coefficient (Wildman–Crippen LogP) is 3.36. The smallest absolute Gasteiger partial charge is 0.355 e. The largest absolute Gasteiger partial charge is 0.507 e. The summed E-state index contributed by atoms with van der Waals surface area (Å²) in [7, 11) is 1.28. The van der Waals surface area contributed by atoms with Crippen molar-refractivity contribution in [3.63, 3.8) is 0 Å². The fourth-order valence-corrected chi connectivity index (χ4v) is 4.81. The molecule has 1 saturated heterocycles. The van der Waals surface area contributed by atoms with Crippen molar-refractivity contribution < 1.29 is 33.8 Å². The van der Waals surface area contributed by atoms with E-state index in [4.69, 9.17) is 9.47 Å². The number of benzene rings is 1. The van der Waals surface area contributed by atoms with Crippen LogP contribution < -0.4 is 0 Å². The van der Waals surface area contributed by atoms with Crippen molar-refractivity contribution in [2.45, 2.75) is 40.7 Å². The van der Waals surface area contributed by atoms with Crippen molar-refractivity contribution >= 4 is 29.4 Å². The topological polar surface area (TPSA) is 129 Å². The molecule has 1 fully saturated rings. The summed E-state index contributed by atoms with van der Waals surface area (Å²) in [5.74, 6) is -3.02. The van der Waals surface area contributed by atoms with Gasteiger partial charge in [-0.1, -0.05) is 26.0 Å². The Morgan fingerprint density at radius 1 is 1.05 bits per heavy atom. The minimum absolute atomic E-state index is 0.0824. The maximum atomic E-state index is 13.4. The summed E-state index contributed by atoms with van der Waals surface area (Å²) in [6.07, 6.45) is 0. The number of aromatic nitrogens is 1. The lowest BCUT2D eigenvalue weighted by molar-refractivity contribution is -0.140. The van der Waals surface area contributed by atoms with Crippen LogP contribution >= 0.6 is 0 Å². The van der Waals surface area contributed by atoms with Crippen molar-refractivity contribution in [1.29, 1.82) is 0 Å². The van der Waals surface area contributed by atoms with Crippen molar-refractivity contribution in [2.24, 2.45) is 0 Å². The molecular formula is C28H35N3O7. The van der Waals surface area contributed by atoms with Crippen LogP contribution in [0, 0.1) is 13.8 Å². The summed E-state index contributed by atoms with van der Waals surface area (Å²) in [6.45, 7) is 11.5. The van der Waals surface area contributed by atoms with E-state index in [2.05, 4.69) is 9.88 Å². The first kappa shape index (κ1) is 28.6. The van der Waals surface area contributed by atoms with Crippen LogP contribution in [-0.2, 0) is 19.1 Å². The van der Waals surface area contributed by atoms with Gasteiger partial charge in [-0.05, 0) is 57.1 Å². The second-order valence-corrected chi connectivity index (χ2v) is 8.98. The Morgan fingerprint density at radius 2 is 1.68 bits per heavy atom. The van der Waals surface area contributed by atoms with Crippen molar-refractivity contribution in [2.75, 3.05) is 39.9 Å². The summed E-state index contributed by atoms with van der Waals surface area (Å²) in [5, 5.41) is 11.5. The van der Waals surface area contributed by atoms with Crippen molar-refractivity contribution in [3.8, 4) is 0 Å². The standard InChI is InChI=1S/C28H35N3O7/c1-7-30(8-2)14-15-31-23(18-10-12-19(13-11-18)27(35)37-6)21(25(33)26(31)34)24(32)20-16(4)22(29-17(20)5)28(36)38-9-3/h10-13,23,29,32H,7-9,14-15H2,1-6H3/b24-21+. The molecule has 1 aromatic heterocycles. The zero-order valence-corrected chi connectivity index (χ0v) is 22.7. The van der Waals surface area contributed by atoms with E-state index in [0.717, 1.165) is 13.1 Å². The highest BCUT2D eigenvalue weighted by atomic mass is 16.5. The fourth-order valence-electron chi connectivity index (χ4n) is 4.81. The fraction of sp³-hybridized carbons (Fsp3) is 0.429. The number of aryl methyl sites for hydroxylation is 1. The second kappa shape index (κ2) is 12.1. The van der Waals surface area contributed by atoms with E-state index in [1.165, 1.54) is 12.0 Å². The van der Waals surface area contributed by atoms with E-state index in [1.54, 1.807) is 45.0 Å². The van der Waals surface area contributed by atoms with Gasteiger partial charge in [0.15, 0.2) is 0 Å². The number of hydrogen-bond donors (Lipinski definition) is 2. The molecule has 1 unspecified atom stereocenters. The molecule has 204 valence electrons. The molecule has 0 saturated carbocycles. The lowest BCUT2D eigenvalue weighted by atomic mass is 9.93. The molecule has 1 atom stereocenters. The Hall–Kier alpha value is -3.92. The van der Waals surface area contributed by atoms with Gasteiger partial charge in [0.1, 0.15) is 11.5 Å². The van der Waals surface area contributed by atoms with Gasteiger partial charge in [-0.3, -0.25) is 9.59 Å². The minimum Gasteiger partial charge on any atom is -0.507 e. The number of amides is 1. The summed E-state index contributed by atoms with van der Waals surface area (Å²) in [6, 6.07) is 5.49. The number of nitrogens with zero attached hydrogens (tertiary/aromatic N) is 2. The molecule has 1 amide bonds. The first-order chi connectivity index (χ1) is 18.1. The third-order valence-electron chi connectivity index (χ3n) is 6.89. The number of esters is 2. The maximum absolute atomic E-state index is 13.4. The van der Waals surface area contributed by atoms with E-state index in [-0.39, 0.29) is 35.7 Å². The molecule has 2 heterocycles. The Bertz CT molecular complexity index is 1260. The van der Waals surface area contributed by atoms with Gasteiger partial charge in [0.2, 0.25) is 0 Å². The Kier molecular flexibility index (Phi) is 9.11. The van der Waals surface area contributed by atoms with Crippen LogP contribution in [0.3, 0.4) is 0 Å². The molecule has 0 aliphatic carbocycles. The quantitative estimate of drug-likeness (QED) is 0.209. The molecule has 1 aromatic carbocycles. The van der Waals surface area contributed by atoms with Gasteiger partial charge in [-0.25, -0.2) is 9.59 Å². The average molecular weight is 526 g/mol. The minimum atomic E-state index is -0.892. The van der Waals surface area contributed by atoms with Gasteiger partial charge in [0.25, 0.3) is 11.7 Å². The maximum Gasteiger partial charge on any atom is 0.355 e. The molecule has 1 aliphatic heterocycles. The number of H-pyrrole nitrogens is 1. The third-order valence-corrected chi connectivity index (χ3v) is 6.89. The van der Waals surface area contributed by atoms with E-state index in [9.17, 15) is 24.3 Å². The Balaban J connectivity index is 2.17. The van der Waals surface area contributed by atoms with Crippen molar-refractivity contribution in [1.82, 2.24) is 14.8 Å². The number of nitrogens with one attached hydrogen (secondary N) is 1. The zero-order valence-electron chi connectivity index (χ0n) is 22.7. The van der Waals surface area contributed by atoms with Crippen LogP contribution in [0.1, 0.15) is 70.0 Å². The van der Waals surface area contributed by atoms with E-state index < -0.39 is 29.7 Å². The molecule has 0 bridgehead atoms. The van der Waals surface area contributed by atoms with Crippen LogP contribution in [-0.4, -0.2) is 83.4 Å². The molecule has 1 aliphatic rings. The summed E-state index contributed by atoms with van der Waals surface area (Å²) in [5.41, 5.74) is 2.08. The number of ether oxygens (including phenoxy) is 2. The number of aromatic amines is 1. The van der Waals surface area contributed by atoms with Crippen LogP contribution in [0.2, 0.25) is 0 Å². The average Bonchev–Trinajstić information content (AvgIpc) is 3.35. The third kappa shape index (κ3) is 5.35.